The number of alkyl halides is 2. The van der Waals surface area contributed by atoms with Crippen molar-refractivity contribution >= 4 is 5.91 Å². The largest absolute Gasteiger partial charge is 0.390 e. The lowest BCUT2D eigenvalue weighted by atomic mass is 10.1. The van der Waals surface area contributed by atoms with Crippen molar-refractivity contribution in [3.8, 4) is 0 Å². The minimum Gasteiger partial charge on any atom is -0.390 e. The molecule has 0 saturated carbocycles. The van der Waals surface area contributed by atoms with Crippen LogP contribution >= 0.6 is 0 Å². The van der Waals surface area contributed by atoms with Gasteiger partial charge in [0.2, 0.25) is 5.91 Å². The molecule has 0 bridgehead atoms. The van der Waals surface area contributed by atoms with Crippen LogP contribution < -0.4 is 11.1 Å². The second kappa shape index (κ2) is 6.68. The van der Waals surface area contributed by atoms with Gasteiger partial charge in [0.05, 0.1) is 6.54 Å². The smallest absolute Gasteiger partial charge is 0.287 e. The molecule has 15 heavy (non-hydrogen) atoms. The van der Waals surface area contributed by atoms with Gasteiger partial charge in [-0.05, 0) is 19.8 Å². The first-order chi connectivity index (χ1) is 6.87. The Bertz CT molecular complexity index is 199. The van der Waals surface area contributed by atoms with E-state index in [1.807, 2.05) is 6.92 Å². The maximum Gasteiger partial charge on any atom is 0.287 e. The molecule has 0 aromatic heterocycles. The van der Waals surface area contributed by atoms with Gasteiger partial charge in [0.15, 0.2) is 0 Å². The molecule has 0 aliphatic rings. The average molecular weight is 224 g/mol. The number of aliphatic hydroxyl groups is 1. The molecule has 0 rings (SSSR count). The van der Waals surface area contributed by atoms with Crippen LogP contribution in [0.15, 0.2) is 0 Å². The summed E-state index contributed by atoms with van der Waals surface area (Å²) in [6.45, 7) is -0.258. The molecule has 1 unspecified atom stereocenters. The van der Waals surface area contributed by atoms with Gasteiger partial charge in [-0.15, -0.1) is 0 Å². The molecule has 0 fully saturated rings. The van der Waals surface area contributed by atoms with Crippen molar-refractivity contribution in [2.45, 2.75) is 38.2 Å². The molecule has 6 heteroatoms. The van der Waals surface area contributed by atoms with Crippen LogP contribution in [0.2, 0.25) is 0 Å². The number of rotatable bonds is 7. The number of carbonyl (C=O) groups is 1. The SMILES string of the molecule is CC(N)CCCC(=O)NCC(F)(F)CO. The van der Waals surface area contributed by atoms with E-state index in [-0.39, 0.29) is 12.5 Å². The molecule has 1 atom stereocenters. The van der Waals surface area contributed by atoms with Crippen LogP contribution in [-0.4, -0.2) is 36.1 Å². The Hall–Kier alpha value is -0.750. The highest BCUT2D eigenvalue weighted by Gasteiger charge is 2.27. The van der Waals surface area contributed by atoms with Crippen LogP contribution in [0.5, 0.6) is 0 Å². The predicted molar refractivity (Wildman–Crippen MR) is 52.5 cm³/mol. The van der Waals surface area contributed by atoms with Crippen LogP contribution in [0.25, 0.3) is 0 Å². The van der Waals surface area contributed by atoms with Crippen LogP contribution in [0.1, 0.15) is 26.2 Å². The number of nitrogens with two attached hydrogens (primary N) is 1. The molecule has 0 aromatic rings. The van der Waals surface area contributed by atoms with Crippen molar-refractivity contribution in [1.82, 2.24) is 5.32 Å². The Morgan fingerprint density at radius 2 is 2.20 bits per heavy atom. The highest BCUT2D eigenvalue weighted by Crippen LogP contribution is 2.09. The topological polar surface area (TPSA) is 75.4 Å². The van der Waals surface area contributed by atoms with E-state index >= 15 is 0 Å². The maximum absolute atomic E-state index is 12.5. The predicted octanol–water partition coefficient (Wildman–Crippen LogP) is 0.248. The molecule has 90 valence electrons. The van der Waals surface area contributed by atoms with Crippen molar-refractivity contribution in [2.75, 3.05) is 13.2 Å². The first-order valence-corrected chi connectivity index (χ1v) is 4.88. The summed E-state index contributed by atoms with van der Waals surface area (Å²) in [5, 5.41) is 10.3. The maximum atomic E-state index is 12.5. The van der Waals surface area contributed by atoms with Gasteiger partial charge in [0.1, 0.15) is 6.61 Å². The Morgan fingerprint density at radius 1 is 1.60 bits per heavy atom. The van der Waals surface area contributed by atoms with Gasteiger partial charge in [0, 0.05) is 12.5 Å². The minimum absolute atomic E-state index is 0.0108. The zero-order valence-corrected chi connectivity index (χ0v) is 8.80. The zero-order chi connectivity index (χ0) is 11.9. The summed E-state index contributed by atoms with van der Waals surface area (Å²) < 4.78 is 25.0. The molecule has 0 spiro atoms. The fourth-order valence-corrected chi connectivity index (χ4v) is 0.957. The summed E-state index contributed by atoms with van der Waals surface area (Å²) >= 11 is 0. The summed E-state index contributed by atoms with van der Waals surface area (Å²) in [6.07, 6.45) is 1.45. The normalized spacial score (nSPS) is 13.7. The van der Waals surface area contributed by atoms with E-state index in [1.165, 1.54) is 0 Å². The van der Waals surface area contributed by atoms with Crippen molar-refractivity contribution in [3.63, 3.8) is 0 Å². The van der Waals surface area contributed by atoms with Crippen molar-refractivity contribution < 1.29 is 18.7 Å². The van der Waals surface area contributed by atoms with Crippen molar-refractivity contribution in [1.29, 1.82) is 0 Å². The quantitative estimate of drug-likeness (QED) is 0.580. The first-order valence-electron chi connectivity index (χ1n) is 4.88. The molecular formula is C9H18F2N2O2. The molecule has 0 heterocycles. The monoisotopic (exact) mass is 224 g/mol. The standard InChI is InChI=1S/C9H18F2N2O2/c1-7(12)3-2-4-8(15)13-5-9(10,11)6-14/h7,14H,2-6,12H2,1H3,(H,13,15). The second-order valence-electron chi connectivity index (χ2n) is 3.66. The van der Waals surface area contributed by atoms with Crippen molar-refractivity contribution in [3.05, 3.63) is 0 Å². The zero-order valence-electron chi connectivity index (χ0n) is 8.80. The van der Waals surface area contributed by atoms with Gasteiger partial charge < -0.3 is 16.2 Å². The lowest BCUT2D eigenvalue weighted by molar-refractivity contribution is -0.124. The molecule has 0 aromatic carbocycles. The van der Waals surface area contributed by atoms with Crippen LogP contribution in [0, 0.1) is 0 Å². The van der Waals surface area contributed by atoms with E-state index in [0.29, 0.717) is 12.8 Å². The van der Waals surface area contributed by atoms with Crippen molar-refractivity contribution in [2.24, 2.45) is 5.73 Å². The van der Waals surface area contributed by atoms with Gasteiger partial charge in [0.25, 0.3) is 5.92 Å². The highest BCUT2D eigenvalue weighted by atomic mass is 19.3. The molecule has 0 aliphatic carbocycles. The number of hydrogen-bond acceptors (Lipinski definition) is 3. The lowest BCUT2D eigenvalue weighted by Crippen LogP contribution is -2.38. The number of amides is 1. The Labute approximate surface area is 87.8 Å². The molecule has 0 saturated heterocycles. The molecule has 1 amide bonds. The van der Waals surface area contributed by atoms with Gasteiger partial charge in [-0.1, -0.05) is 0 Å². The third-order valence-corrected chi connectivity index (χ3v) is 1.84. The summed E-state index contributed by atoms with van der Waals surface area (Å²) in [5.41, 5.74) is 5.46. The van der Waals surface area contributed by atoms with Gasteiger partial charge in [-0.2, -0.15) is 0 Å². The Balaban J connectivity index is 3.58. The summed E-state index contributed by atoms with van der Waals surface area (Å²) in [6, 6.07) is 0.0108. The molecule has 4 N–H and O–H groups in total. The molecular weight excluding hydrogens is 206 g/mol. The van der Waals surface area contributed by atoms with Gasteiger partial charge >= 0.3 is 0 Å². The van der Waals surface area contributed by atoms with E-state index in [1.54, 1.807) is 0 Å². The van der Waals surface area contributed by atoms with Gasteiger partial charge in [-0.25, -0.2) is 8.78 Å². The van der Waals surface area contributed by atoms with E-state index in [2.05, 4.69) is 5.32 Å². The lowest BCUT2D eigenvalue weighted by Gasteiger charge is -2.13. The third kappa shape index (κ3) is 8.26. The number of aliphatic hydroxyl groups excluding tert-OH is 1. The third-order valence-electron chi connectivity index (χ3n) is 1.84. The van der Waals surface area contributed by atoms with E-state index in [4.69, 9.17) is 10.8 Å². The second-order valence-corrected chi connectivity index (χ2v) is 3.66. The summed E-state index contributed by atoms with van der Waals surface area (Å²) in [7, 11) is 0. The fraction of sp³-hybridized carbons (Fsp3) is 0.889. The highest BCUT2D eigenvalue weighted by molar-refractivity contribution is 5.75. The number of hydrogen-bond donors (Lipinski definition) is 3. The average Bonchev–Trinajstić information content (AvgIpc) is 2.14. The Morgan fingerprint density at radius 3 is 2.67 bits per heavy atom. The number of halogens is 2. The number of carbonyl (C=O) groups excluding carboxylic acids is 1. The van der Waals surface area contributed by atoms with E-state index in [0.717, 1.165) is 0 Å². The minimum atomic E-state index is -3.24. The molecule has 4 nitrogen and oxygen atoms in total. The molecule has 0 radical (unpaired) electrons. The van der Waals surface area contributed by atoms with E-state index < -0.39 is 25.0 Å². The summed E-state index contributed by atoms with van der Waals surface area (Å²) in [4.78, 5) is 11.0. The number of nitrogens with one attached hydrogen (secondary N) is 1. The summed E-state index contributed by atoms with van der Waals surface area (Å²) in [5.74, 6) is -3.68. The van der Waals surface area contributed by atoms with E-state index in [9.17, 15) is 13.6 Å². The first kappa shape index (κ1) is 14.2. The van der Waals surface area contributed by atoms with Crippen LogP contribution in [-0.2, 0) is 4.79 Å². The van der Waals surface area contributed by atoms with Crippen LogP contribution in [0.3, 0.4) is 0 Å². The molecule has 0 aliphatic heterocycles. The van der Waals surface area contributed by atoms with Crippen LogP contribution in [0.4, 0.5) is 8.78 Å². The Kier molecular flexibility index (Phi) is 6.35. The fourth-order valence-electron chi connectivity index (χ4n) is 0.957. The van der Waals surface area contributed by atoms with Gasteiger partial charge in [-0.3, -0.25) is 4.79 Å².